The summed E-state index contributed by atoms with van der Waals surface area (Å²) >= 11 is 0. The van der Waals surface area contributed by atoms with Crippen LogP contribution in [0.4, 0.5) is 87.8 Å². The van der Waals surface area contributed by atoms with Crippen LogP contribution < -0.4 is 0 Å². The molecule has 0 aromatic rings. The van der Waals surface area contributed by atoms with Crippen LogP contribution in [-0.2, 0) is 9.59 Å². The summed E-state index contributed by atoms with van der Waals surface area (Å²) in [6, 6.07) is 0. The Balaban J connectivity index is 0. The monoisotopic (exact) mass is 676 g/mol. The molecule has 1 aliphatic rings. The molecule has 0 aromatic heterocycles. The number of aliphatic hydroxyl groups is 2. The second-order valence-corrected chi connectivity index (χ2v) is 7.26. The van der Waals surface area contributed by atoms with Crippen LogP contribution in [0, 0.1) is 0 Å². The number of carbonyl (C=O) groups is 2. The zero-order valence-electron chi connectivity index (χ0n) is 18.6. The quantitative estimate of drug-likeness (QED) is 0.174. The first-order chi connectivity index (χ1) is 17.8. The van der Waals surface area contributed by atoms with Crippen molar-refractivity contribution in [3.63, 3.8) is 0 Å². The SMILES string of the molecule is C=C(F)C(=O)O.C=C(F)C(=O)O.OC(F)(F)C(O)(F)C(F)(F)C1(F)C(F)(F)C(F)(F)C(F)(F)C(F)(F)C(F)(F)C1(F)F. The first kappa shape index (κ1) is 41.1. The second kappa shape index (κ2) is 10.9. The normalized spacial score (nSPS) is 24.1. The molecule has 0 bridgehead atoms. The molecular weight excluding hydrogens is 668 g/mol. The number of aliphatic carboxylic acids is 2. The van der Waals surface area contributed by atoms with E-state index in [1.165, 1.54) is 0 Å². The molecule has 0 aromatic carbocycles. The fraction of sp³-hybridized carbons (Fsp3) is 0.625. The lowest BCUT2D eigenvalue weighted by molar-refractivity contribution is -0.479. The van der Waals surface area contributed by atoms with E-state index in [1.54, 1.807) is 0 Å². The summed E-state index contributed by atoms with van der Waals surface area (Å²) in [7, 11) is 0. The topological polar surface area (TPSA) is 115 Å². The molecule has 42 heavy (non-hydrogen) atoms. The van der Waals surface area contributed by atoms with Crippen molar-refractivity contribution in [1.29, 1.82) is 0 Å². The molecule has 0 radical (unpaired) electrons. The van der Waals surface area contributed by atoms with E-state index >= 15 is 0 Å². The Bertz CT molecular complexity index is 989. The van der Waals surface area contributed by atoms with Gasteiger partial charge in [-0.2, -0.15) is 83.4 Å². The third-order valence-corrected chi connectivity index (χ3v) is 4.55. The molecule has 0 saturated heterocycles. The van der Waals surface area contributed by atoms with Crippen molar-refractivity contribution in [3.05, 3.63) is 24.8 Å². The molecule has 6 nitrogen and oxygen atoms in total. The summed E-state index contributed by atoms with van der Waals surface area (Å²) in [4.78, 5) is 18.4. The number of alkyl halides is 18. The Morgan fingerprint density at radius 1 is 0.500 bits per heavy atom. The van der Waals surface area contributed by atoms with Crippen LogP contribution >= 0.6 is 0 Å². The summed E-state index contributed by atoms with van der Waals surface area (Å²) < 4.78 is 261. The third-order valence-electron chi connectivity index (χ3n) is 4.55. The standard InChI is InChI=1S/C10H2F18O2.2C3H3FO2/c11-1(4(16,17)9(26,29)10(27,28)30)2(12,13)5(18,19)7(22,23)8(24,25)6(20,21)3(1,14)15;2*1-2(4)3(5)6/h29-30H;2*1H2,(H,5,6). The number of halogens is 20. The van der Waals surface area contributed by atoms with Crippen LogP contribution in [0.2, 0.25) is 0 Å². The maximum Gasteiger partial charge on any atom is 0.418 e. The average Bonchev–Trinajstić information content (AvgIpc) is 2.77. The molecule has 1 unspecified atom stereocenters. The van der Waals surface area contributed by atoms with Gasteiger partial charge in [-0.05, 0) is 0 Å². The van der Waals surface area contributed by atoms with Gasteiger partial charge in [-0.15, -0.1) is 0 Å². The Kier molecular flexibility index (Phi) is 10.7. The van der Waals surface area contributed by atoms with Crippen LogP contribution in [0.25, 0.3) is 0 Å². The van der Waals surface area contributed by atoms with Crippen molar-refractivity contribution >= 4 is 11.9 Å². The van der Waals surface area contributed by atoms with E-state index in [4.69, 9.17) is 20.4 Å². The number of rotatable bonds is 5. The first-order valence-corrected chi connectivity index (χ1v) is 8.79. The molecule has 0 aliphatic heterocycles. The largest absolute Gasteiger partial charge is 0.476 e. The molecule has 0 spiro atoms. The van der Waals surface area contributed by atoms with Gasteiger partial charge in [-0.25, -0.2) is 14.0 Å². The minimum atomic E-state index is -9.15. The highest BCUT2D eigenvalue weighted by molar-refractivity contribution is 5.83. The highest BCUT2D eigenvalue weighted by atomic mass is 19.4. The summed E-state index contributed by atoms with van der Waals surface area (Å²) in [6.07, 6.45) is -7.43. The second-order valence-electron chi connectivity index (χ2n) is 7.26. The molecule has 1 saturated carbocycles. The number of hydrogen-bond donors (Lipinski definition) is 4. The average molecular weight is 676 g/mol. The smallest absolute Gasteiger partial charge is 0.418 e. The van der Waals surface area contributed by atoms with Gasteiger partial charge in [0.1, 0.15) is 0 Å². The Morgan fingerprint density at radius 3 is 0.810 bits per heavy atom. The molecule has 248 valence electrons. The van der Waals surface area contributed by atoms with Gasteiger partial charge in [-0.3, -0.25) is 0 Å². The summed E-state index contributed by atoms with van der Waals surface area (Å²) in [5.41, 5.74) is -9.15. The zero-order valence-corrected chi connectivity index (χ0v) is 18.6. The van der Waals surface area contributed by atoms with E-state index in [-0.39, 0.29) is 0 Å². The Morgan fingerprint density at radius 2 is 0.667 bits per heavy atom. The Hall–Kier alpha value is -3.06. The fourth-order valence-electron chi connectivity index (χ4n) is 2.23. The van der Waals surface area contributed by atoms with Crippen LogP contribution in [0.1, 0.15) is 0 Å². The zero-order chi connectivity index (χ0) is 35.3. The minimum Gasteiger partial charge on any atom is -0.476 e. The lowest BCUT2D eigenvalue weighted by atomic mass is 9.77. The minimum absolute atomic E-state index is 1.32. The van der Waals surface area contributed by atoms with Crippen LogP contribution in [0.15, 0.2) is 24.8 Å². The van der Waals surface area contributed by atoms with Gasteiger partial charge in [0.05, 0.1) is 0 Å². The highest BCUT2D eigenvalue weighted by Crippen LogP contribution is 2.73. The molecule has 1 atom stereocenters. The predicted octanol–water partition coefficient (Wildman–Crippen LogP) is 5.51. The van der Waals surface area contributed by atoms with E-state index in [0.717, 1.165) is 0 Å². The van der Waals surface area contributed by atoms with Crippen LogP contribution in [0.3, 0.4) is 0 Å². The van der Waals surface area contributed by atoms with Crippen LogP contribution in [-0.4, -0.2) is 91.5 Å². The van der Waals surface area contributed by atoms with E-state index in [1.807, 2.05) is 0 Å². The van der Waals surface area contributed by atoms with Crippen molar-refractivity contribution in [3.8, 4) is 0 Å². The van der Waals surface area contributed by atoms with Gasteiger partial charge < -0.3 is 20.4 Å². The van der Waals surface area contributed by atoms with Gasteiger partial charge in [0.25, 0.3) is 0 Å². The number of hydrogen-bond acceptors (Lipinski definition) is 4. The predicted molar refractivity (Wildman–Crippen MR) is 87.5 cm³/mol. The molecule has 1 rings (SSSR count). The number of carboxylic acids is 2. The van der Waals surface area contributed by atoms with Gasteiger partial charge in [0, 0.05) is 0 Å². The van der Waals surface area contributed by atoms with E-state index in [0.29, 0.717) is 0 Å². The highest BCUT2D eigenvalue weighted by Gasteiger charge is 3.07. The summed E-state index contributed by atoms with van der Waals surface area (Å²) in [5.74, 6) is -75.0. The maximum atomic E-state index is 14.1. The number of carboxylic acid groups (broad SMARTS) is 2. The van der Waals surface area contributed by atoms with Crippen molar-refractivity contribution < 1.29 is 118 Å². The molecule has 0 amide bonds. The van der Waals surface area contributed by atoms with E-state index in [9.17, 15) is 97.4 Å². The molecule has 1 aliphatic carbocycles. The van der Waals surface area contributed by atoms with Crippen molar-refractivity contribution in [2.75, 3.05) is 0 Å². The summed E-state index contributed by atoms with van der Waals surface area (Å²) in [6.45, 7) is 4.98. The molecule has 4 N–H and O–H groups in total. The van der Waals surface area contributed by atoms with Crippen LogP contribution in [0.5, 0.6) is 0 Å². The lowest BCUT2D eigenvalue weighted by Crippen LogP contribution is -2.81. The van der Waals surface area contributed by atoms with E-state index in [2.05, 4.69) is 13.2 Å². The van der Waals surface area contributed by atoms with Crippen molar-refractivity contribution in [2.24, 2.45) is 0 Å². The molecule has 0 heterocycles. The molecule has 1 fully saturated rings. The Labute approximate surface area is 215 Å². The van der Waals surface area contributed by atoms with Gasteiger partial charge in [-0.1, -0.05) is 13.2 Å². The van der Waals surface area contributed by atoms with Gasteiger partial charge in [0.15, 0.2) is 0 Å². The summed E-state index contributed by atoms with van der Waals surface area (Å²) in [5, 5.41) is 30.7. The molecular formula is C16H8F20O6. The lowest BCUT2D eigenvalue weighted by Gasteiger charge is -2.47. The third kappa shape index (κ3) is 5.29. The van der Waals surface area contributed by atoms with Gasteiger partial charge >= 0.3 is 71.0 Å². The van der Waals surface area contributed by atoms with E-state index < -0.39 is 82.7 Å². The maximum absolute atomic E-state index is 14.1. The van der Waals surface area contributed by atoms with Crippen molar-refractivity contribution in [1.82, 2.24) is 0 Å². The molecule has 26 heteroatoms. The first-order valence-electron chi connectivity index (χ1n) is 8.79. The fourth-order valence-corrected chi connectivity index (χ4v) is 2.23. The van der Waals surface area contributed by atoms with Gasteiger partial charge in [0.2, 0.25) is 11.7 Å². The van der Waals surface area contributed by atoms with Crippen molar-refractivity contribution in [2.45, 2.75) is 59.1 Å².